The van der Waals surface area contributed by atoms with Crippen LogP contribution in [0.4, 0.5) is 0 Å². The largest absolute Gasteiger partial charge is 0.351 e. The fourth-order valence-electron chi connectivity index (χ4n) is 1.57. The van der Waals surface area contributed by atoms with Gasteiger partial charge >= 0.3 is 0 Å². The topological polar surface area (TPSA) is 99.1 Å². The molecular weight excluding hydrogens is 290 g/mol. The van der Waals surface area contributed by atoms with E-state index < -0.39 is 10.0 Å². The van der Waals surface area contributed by atoms with Crippen molar-refractivity contribution in [2.24, 2.45) is 0 Å². The first-order valence-electron chi connectivity index (χ1n) is 6.45. The highest BCUT2D eigenvalue weighted by Crippen LogP contribution is 2.09. The molecule has 0 saturated carbocycles. The molecule has 0 aliphatic heterocycles. The zero-order valence-electron chi connectivity index (χ0n) is 12.3. The minimum absolute atomic E-state index is 0.0181. The van der Waals surface area contributed by atoms with Gasteiger partial charge in [0.25, 0.3) is 0 Å². The smallest absolute Gasteiger partial charge is 0.240 e. The van der Waals surface area contributed by atoms with Crippen molar-refractivity contribution in [2.45, 2.75) is 37.6 Å². The maximum atomic E-state index is 12.0. The van der Waals surface area contributed by atoms with Crippen LogP contribution in [0.25, 0.3) is 0 Å². The van der Waals surface area contributed by atoms with E-state index in [1.165, 1.54) is 24.3 Å². The van der Waals surface area contributed by atoms with Crippen LogP contribution in [0.5, 0.6) is 0 Å². The van der Waals surface area contributed by atoms with Crippen molar-refractivity contribution < 1.29 is 13.2 Å². The predicted molar refractivity (Wildman–Crippen MR) is 78.9 cm³/mol. The Labute approximate surface area is 125 Å². The highest BCUT2D eigenvalue weighted by atomic mass is 32.2. The Kier molecular flexibility index (Phi) is 5.47. The van der Waals surface area contributed by atoms with Crippen LogP contribution in [0.15, 0.2) is 29.2 Å². The van der Waals surface area contributed by atoms with Crippen LogP contribution in [0.2, 0.25) is 0 Å². The van der Waals surface area contributed by atoms with Gasteiger partial charge in [-0.05, 0) is 45.0 Å². The molecule has 2 N–H and O–H groups in total. The molecule has 0 aromatic heterocycles. The van der Waals surface area contributed by atoms with Crippen LogP contribution in [0.3, 0.4) is 0 Å². The molecule has 1 amide bonds. The number of hydrogen-bond donors (Lipinski definition) is 2. The summed E-state index contributed by atoms with van der Waals surface area (Å²) in [5, 5.41) is 11.4. The van der Waals surface area contributed by atoms with Gasteiger partial charge < -0.3 is 5.32 Å². The first-order chi connectivity index (χ1) is 9.64. The van der Waals surface area contributed by atoms with Crippen LogP contribution in [0.1, 0.15) is 32.8 Å². The molecule has 0 heterocycles. The summed E-state index contributed by atoms with van der Waals surface area (Å²) in [5.41, 5.74) is 0.0433. The zero-order valence-corrected chi connectivity index (χ0v) is 13.1. The summed E-state index contributed by atoms with van der Waals surface area (Å²) in [6.45, 7) is 5.58. The highest BCUT2D eigenvalue weighted by molar-refractivity contribution is 7.89. The van der Waals surface area contributed by atoms with Crippen molar-refractivity contribution in [3.05, 3.63) is 29.8 Å². The fraction of sp³-hybridized carbons (Fsp3) is 0.429. The molecule has 0 fully saturated rings. The van der Waals surface area contributed by atoms with Gasteiger partial charge in [-0.3, -0.25) is 4.79 Å². The van der Waals surface area contributed by atoms with E-state index in [9.17, 15) is 13.2 Å². The summed E-state index contributed by atoms with van der Waals surface area (Å²) in [6, 6.07) is 7.49. The van der Waals surface area contributed by atoms with E-state index in [0.29, 0.717) is 5.56 Å². The van der Waals surface area contributed by atoms with Crippen molar-refractivity contribution in [3.8, 4) is 6.07 Å². The molecule has 0 atom stereocenters. The van der Waals surface area contributed by atoms with E-state index in [-0.39, 0.29) is 29.3 Å². The monoisotopic (exact) mass is 309 g/mol. The Hall–Kier alpha value is -1.91. The van der Waals surface area contributed by atoms with Gasteiger partial charge in [0.1, 0.15) is 0 Å². The molecule has 6 nitrogen and oxygen atoms in total. The molecular formula is C14H19N3O3S. The molecule has 0 bridgehead atoms. The molecule has 1 aromatic rings. The van der Waals surface area contributed by atoms with E-state index >= 15 is 0 Å². The lowest BCUT2D eigenvalue weighted by Gasteiger charge is -2.20. The summed E-state index contributed by atoms with van der Waals surface area (Å²) in [5.74, 6) is -0.218. The summed E-state index contributed by atoms with van der Waals surface area (Å²) in [7, 11) is -3.66. The van der Waals surface area contributed by atoms with Gasteiger partial charge in [-0.25, -0.2) is 13.1 Å². The molecule has 0 radical (unpaired) electrons. The number of sulfonamides is 1. The Bertz CT molecular complexity index is 638. The number of amides is 1. The Morgan fingerprint density at radius 3 is 2.29 bits per heavy atom. The van der Waals surface area contributed by atoms with Crippen molar-refractivity contribution in [3.63, 3.8) is 0 Å². The Morgan fingerprint density at radius 1 is 1.24 bits per heavy atom. The number of nitriles is 1. The normalized spacial score (nSPS) is 11.7. The zero-order chi connectivity index (χ0) is 16.1. The summed E-state index contributed by atoms with van der Waals surface area (Å²) in [4.78, 5) is 11.6. The molecule has 0 aliphatic carbocycles. The summed E-state index contributed by atoms with van der Waals surface area (Å²) in [6.07, 6.45) is 0.0623. The average Bonchev–Trinajstić information content (AvgIpc) is 2.36. The maximum Gasteiger partial charge on any atom is 0.240 e. The highest BCUT2D eigenvalue weighted by Gasteiger charge is 2.16. The molecule has 0 saturated heterocycles. The van der Waals surface area contributed by atoms with Crippen molar-refractivity contribution in [1.82, 2.24) is 10.0 Å². The molecule has 21 heavy (non-hydrogen) atoms. The number of hydrogen-bond acceptors (Lipinski definition) is 4. The standard InChI is InChI=1S/C14H19N3O3S/c1-14(2,3)17-13(18)8-9-16-21(19,20)12-6-4-11(10-15)5-7-12/h4-7,16H,8-9H2,1-3H3,(H,17,18). The first kappa shape index (κ1) is 17.1. The van der Waals surface area contributed by atoms with Crippen LogP contribution in [-0.2, 0) is 14.8 Å². The molecule has 0 unspecified atom stereocenters. The molecule has 114 valence electrons. The van der Waals surface area contributed by atoms with Crippen molar-refractivity contribution >= 4 is 15.9 Å². The minimum Gasteiger partial charge on any atom is -0.351 e. The van der Waals surface area contributed by atoms with Gasteiger partial charge in [0.2, 0.25) is 15.9 Å². The summed E-state index contributed by atoms with van der Waals surface area (Å²) < 4.78 is 26.3. The lowest BCUT2D eigenvalue weighted by Crippen LogP contribution is -2.41. The number of nitrogens with zero attached hydrogens (tertiary/aromatic N) is 1. The van der Waals surface area contributed by atoms with Crippen LogP contribution >= 0.6 is 0 Å². The number of rotatable bonds is 5. The second-order valence-corrected chi connectivity index (χ2v) is 7.35. The van der Waals surface area contributed by atoms with E-state index in [0.717, 1.165) is 0 Å². The Morgan fingerprint density at radius 2 is 1.81 bits per heavy atom. The van der Waals surface area contributed by atoms with Crippen molar-refractivity contribution in [1.29, 1.82) is 5.26 Å². The van der Waals surface area contributed by atoms with Gasteiger partial charge in [0.05, 0.1) is 16.5 Å². The number of carbonyl (C=O) groups is 1. The molecule has 7 heteroatoms. The number of carbonyl (C=O) groups excluding carboxylic acids is 1. The van der Waals surface area contributed by atoms with Crippen LogP contribution < -0.4 is 10.0 Å². The average molecular weight is 309 g/mol. The quantitative estimate of drug-likeness (QED) is 0.852. The fourth-order valence-corrected chi connectivity index (χ4v) is 2.60. The third kappa shape index (κ3) is 5.94. The summed E-state index contributed by atoms with van der Waals surface area (Å²) >= 11 is 0. The van der Waals surface area contributed by atoms with Crippen LogP contribution in [-0.4, -0.2) is 26.4 Å². The lowest BCUT2D eigenvalue weighted by molar-refractivity contribution is -0.122. The second-order valence-electron chi connectivity index (χ2n) is 5.58. The molecule has 0 spiro atoms. The van der Waals surface area contributed by atoms with Gasteiger partial charge in [-0.15, -0.1) is 0 Å². The SMILES string of the molecule is CC(C)(C)NC(=O)CCNS(=O)(=O)c1ccc(C#N)cc1. The Balaban J connectivity index is 2.57. The molecule has 1 rings (SSSR count). The number of nitrogens with one attached hydrogen (secondary N) is 2. The second kappa shape index (κ2) is 6.70. The third-order valence-corrected chi connectivity index (χ3v) is 3.93. The maximum absolute atomic E-state index is 12.0. The van der Waals surface area contributed by atoms with Crippen molar-refractivity contribution in [2.75, 3.05) is 6.54 Å². The van der Waals surface area contributed by atoms with Crippen LogP contribution in [0, 0.1) is 11.3 Å². The van der Waals surface area contributed by atoms with E-state index in [2.05, 4.69) is 10.0 Å². The first-order valence-corrected chi connectivity index (χ1v) is 7.93. The van der Waals surface area contributed by atoms with E-state index in [4.69, 9.17) is 5.26 Å². The van der Waals surface area contributed by atoms with E-state index in [1.54, 1.807) is 0 Å². The predicted octanol–water partition coefficient (Wildman–Crippen LogP) is 1.14. The van der Waals surface area contributed by atoms with Gasteiger partial charge in [0, 0.05) is 18.5 Å². The van der Waals surface area contributed by atoms with Gasteiger partial charge in [-0.2, -0.15) is 5.26 Å². The molecule has 1 aromatic carbocycles. The van der Waals surface area contributed by atoms with E-state index in [1.807, 2.05) is 26.8 Å². The number of benzene rings is 1. The lowest BCUT2D eigenvalue weighted by atomic mass is 10.1. The van der Waals surface area contributed by atoms with Gasteiger partial charge in [-0.1, -0.05) is 0 Å². The molecule has 0 aliphatic rings. The van der Waals surface area contributed by atoms with Gasteiger partial charge in [0.15, 0.2) is 0 Å². The minimum atomic E-state index is -3.66. The third-order valence-electron chi connectivity index (χ3n) is 2.45.